The molecule has 0 bridgehead atoms. The molecule has 5 nitrogen and oxygen atoms in total. The van der Waals surface area contributed by atoms with Crippen LogP contribution < -0.4 is 4.74 Å². The number of nitrogens with zero attached hydrogens (tertiary/aromatic N) is 3. The van der Waals surface area contributed by atoms with E-state index in [2.05, 4.69) is 45.2 Å². The average Bonchev–Trinajstić information content (AvgIpc) is 2.82. The van der Waals surface area contributed by atoms with E-state index in [1.54, 1.807) is 24.4 Å². The summed E-state index contributed by atoms with van der Waals surface area (Å²) in [4.78, 5) is 11.5. The molecule has 3 heterocycles. The number of allylic oxidation sites excluding steroid dienone is 3. The van der Waals surface area contributed by atoms with Crippen molar-refractivity contribution in [2.75, 3.05) is 26.2 Å². The topological polar surface area (TPSA) is 47.5 Å². The van der Waals surface area contributed by atoms with Gasteiger partial charge in [0.05, 0.1) is 6.10 Å². The number of hydrogen-bond acceptors (Lipinski definition) is 5. The normalized spacial score (nSPS) is 24.5. The number of halogens is 2. The molecule has 1 aromatic carbocycles. The van der Waals surface area contributed by atoms with Gasteiger partial charge in [-0.2, -0.15) is 4.98 Å². The molecule has 2 unspecified atom stereocenters. The molecule has 0 spiro atoms. The maximum atomic E-state index is 14.0. The lowest BCUT2D eigenvalue weighted by Gasteiger charge is -2.35. The van der Waals surface area contributed by atoms with Crippen LogP contribution in [0.15, 0.2) is 60.8 Å². The van der Waals surface area contributed by atoms with E-state index in [0.717, 1.165) is 44.7 Å². The van der Waals surface area contributed by atoms with E-state index in [1.807, 2.05) is 0 Å². The molecule has 1 saturated heterocycles. The van der Waals surface area contributed by atoms with Gasteiger partial charge in [0, 0.05) is 49.1 Å². The summed E-state index contributed by atoms with van der Waals surface area (Å²) in [6, 6.07) is 6.25. The van der Waals surface area contributed by atoms with Gasteiger partial charge >= 0.3 is 0 Å². The number of ether oxygens (including phenoxy) is 2. The molecule has 34 heavy (non-hydrogen) atoms. The minimum Gasteiger partial charge on any atom is -0.473 e. The predicted octanol–water partition coefficient (Wildman–Crippen LogP) is 5.47. The van der Waals surface area contributed by atoms with Gasteiger partial charge in [-0.15, -0.1) is 0 Å². The molecule has 2 aromatic rings. The minimum absolute atomic E-state index is 0.0860. The monoisotopic (exact) mass is 481 g/mol. The fourth-order valence-electron chi connectivity index (χ4n) is 4.67. The first kappa shape index (κ1) is 23.2. The quantitative estimate of drug-likeness (QED) is 0.500. The SMILES string of the molecule is Fc1cc(Cl)ccc1COc1ccnc(C2=CCN(CC3C=CC=C[C@@H]3CC3CCO3)CC2)n1. The molecule has 3 aliphatic rings. The summed E-state index contributed by atoms with van der Waals surface area (Å²) in [5.41, 5.74) is 1.56. The fraction of sp³-hybridized carbons (Fsp3) is 0.407. The third-order valence-corrected chi connectivity index (χ3v) is 7.01. The van der Waals surface area contributed by atoms with E-state index in [9.17, 15) is 4.39 Å². The van der Waals surface area contributed by atoms with Crippen molar-refractivity contribution in [3.63, 3.8) is 0 Å². The molecule has 1 aromatic heterocycles. The number of rotatable bonds is 8. The zero-order chi connectivity index (χ0) is 23.3. The molecule has 0 amide bonds. The van der Waals surface area contributed by atoms with Gasteiger partial charge in [0.15, 0.2) is 5.82 Å². The Morgan fingerprint density at radius 1 is 1.18 bits per heavy atom. The van der Waals surface area contributed by atoms with Crippen LogP contribution in [-0.2, 0) is 11.3 Å². The van der Waals surface area contributed by atoms with Gasteiger partial charge in [0.2, 0.25) is 5.88 Å². The number of hydrogen-bond donors (Lipinski definition) is 0. The van der Waals surface area contributed by atoms with Gasteiger partial charge in [0.25, 0.3) is 0 Å². The molecule has 0 saturated carbocycles. The van der Waals surface area contributed by atoms with E-state index in [1.165, 1.54) is 12.5 Å². The second-order valence-corrected chi connectivity index (χ2v) is 9.53. The molecule has 7 heteroatoms. The van der Waals surface area contributed by atoms with Gasteiger partial charge in [-0.05, 0) is 48.8 Å². The molecular weight excluding hydrogens is 453 g/mol. The third kappa shape index (κ3) is 5.74. The zero-order valence-corrected chi connectivity index (χ0v) is 19.8. The first-order chi connectivity index (χ1) is 16.6. The molecular formula is C27H29ClFN3O2. The Kier molecular flexibility index (Phi) is 7.38. The summed E-state index contributed by atoms with van der Waals surface area (Å²) in [6.45, 7) is 3.88. The molecule has 5 rings (SSSR count). The summed E-state index contributed by atoms with van der Waals surface area (Å²) < 4.78 is 25.4. The Labute approximate surface area is 205 Å². The Balaban J connectivity index is 1.17. The lowest BCUT2D eigenvalue weighted by Crippen LogP contribution is -2.37. The Morgan fingerprint density at radius 2 is 2.03 bits per heavy atom. The van der Waals surface area contributed by atoms with Crippen molar-refractivity contribution in [2.45, 2.75) is 32.0 Å². The highest BCUT2D eigenvalue weighted by Crippen LogP contribution is 2.31. The van der Waals surface area contributed by atoms with Gasteiger partial charge in [-0.3, -0.25) is 4.90 Å². The van der Waals surface area contributed by atoms with Crippen LogP contribution in [-0.4, -0.2) is 47.2 Å². The maximum absolute atomic E-state index is 14.0. The van der Waals surface area contributed by atoms with Crippen molar-refractivity contribution in [1.82, 2.24) is 14.9 Å². The van der Waals surface area contributed by atoms with Crippen LogP contribution in [0.5, 0.6) is 5.88 Å². The zero-order valence-electron chi connectivity index (χ0n) is 19.1. The lowest BCUT2D eigenvalue weighted by atomic mass is 9.82. The van der Waals surface area contributed by atoms with Crippen LogP contribution in [0.2, 0.25) is 5.02 Å². The van der Waals surface area contributed by atoms with Gasteiger partial charge in [-0.25, -0.2) is 9.37 Å². The molecule has 0 N–H and O–H groups in total. The first-order valence-corrected chi connectivity index (χ1v) is 12.3. The Morgan fingerprint density at radius 3 is 2.76 bits per heavy atom. The van der Waals surface area contributed by atoms with Crippen molar-refractivity contribution >= 4 is 17.2 Å². The van der Waals surface area contributed by atoms with Crippen molar-refractivity contribution in [1.29, 1.82) is 0 Å². The molecule has 3 atom stereocenters. The van der Waals surface area contributed by atoms with E-state index >= 15 is 0 Å². The smallest absolute Gasteiger partial charge is 0.217 e. The molecule has 1 aliphatic carbocycles. The van der Waals surface area contributed by atoms with Crippen LogP contribution in [0.4, 0.5) is 4.39 Å². The first-order valence-electron chi connectivity index (χ1n) is 11.9. The molecule has 2 aliphatic heterocycles. The highest BCUT2D eigenvalue weighted by molar-refractivity contribution is 6.30. The highest BCUT2D eigenvalue weighted by atomic mass is 35.5. The van der Waals surface area contributed by atoms with Gasteiger partial charge in [-0.1, -0.05) is 48.0 Å². The molecule has 1 fully saturated rings. The van der Waals surface area contributed by atoms with Crippen molar-refractivity contribution in [3.05, 3.63) is 83.1 Å². The summed E-state index contributed by atoms with van der Waals surface area (Å²) in [5.74, 6) is 1.79. The van der Waals surface area contributed by atoms with Crippen LogP contribution in [0.1, 0.15) is 30.7 Å². The van der Waals surface area contributed by atoms with Gasteiger partial charge in [0.1, 0.15) is 12.4 Å². The second-order valence-electron chi connectivity index (χ2n) is 9.10. The summed E-state index contributed by atoms with van der Waals surface area (Å²) in [5, 5.41) is 0.364. The Hall–Kier alpha value is -2.54. The summed E-state index contributed by atoms with van der Waals surface area (Å²) in [7, 11) is 0. The maximum Gasteiger partial charge on any atom is 0.217 e. The van der Waals surface area contributed by atoms with E-state index in [-0.39, 0.29) is 12.4 Å². The van der Waals surface area contributed by atoms with Crippen molar-refractivity contribution < 1.29 is 13.9 Å². The second kappa shape index (κ2) is 10.8. The fourth-order valence-corrected chi connectivity index (χ4v) is 4.83. The highest BCUT2D eigenvalue weighted by Gasteiger charge is 2.28. The third-order valence-electron chi connectivity index (χ3n) is 6.78. The minimum atomic E-state index is -0.386. The van der Waals surface area contributed by atoms with Crippen LogP contribution in [0, 0.1) is 17.7 Å². The van der Waals surface area contributed by atoms with E-state index < -0.39 is 0 Å². The van der Waals surface area contributed by atoms with Crippen molar-refractivity contribution in [2.24, 2.45) is 11.8 Å². The summed E-state index contributed by atoms with van der Waals surface area (Å²) in [6.07, 6.45) is 16.5. The van der Waals surface area contributed by atoms with E-state index in [0.29, 0.717) is 40.2 Å². The van der Waals surface area contributed by atoms with Gasteiger partial charge < -0.3 is 9.47 Å². The number of aromatic nitrogens is 2. The largest absolute Gasteiger partial charge is 0.473 e. The average molecular weight is 482 g/mol. The summed E-state index contributed by atoms with van der Waals surface area (Å²) >= 11 is 5.82. The molecule has 178 valence electrons. The van der Waals surface area contributed by atoms with Crippen LogP contribution in [0.25, 0.3) is 5.57 Å². The number of benzene rings is 1. The standard InChI is InChI=1S/C27H29ClFN3O2/c28-23-6-5-22(25(29)16-23)18-34-26-7-11-30-27(31-26)19-8-12-32(13-9-19)17-21-4-2-1-3-20(21)15-24-10-14-33-24/h1-8,11,16,20-21,24H,9-10,12-15,17-18H2/t20-,21?,24?/m1/s1. The lowest BCUT2D eigenvalue weighted by molar-refractivity contribution is -0.0627. The molecule has 0 radical (unpaired) electrons. The van der Waals surface area contributed by atoms with Crippen LogP contribution >= 0.6 is 11.6 Å². The van der Waals surface area contributed by atoms with Crippen LogP contribution in [0.3, 0.4) is 0 Å². The van der Waals surface area contributed by atoms with E-state index in [4.69, 9.17) is 21.1 Å². The van der Waals surface area contributed by atoms with Crippen molar-refractivity contribution in [3.8, 4) is 5.88 Å². The Bertz CT molecular complexity index is 1100. The predicted molar refractivity (Wildman–Crippen MR) is 131 cm³/mol.